The van der Waals surface area contributed by atoms with Gasteiger partial charge in [-0.2, -0.15) is 0 Å². The van der Waals surface area contributed by atoms with Crippen LogP contribution in [0.5, 0.6) is 0 Å². The van der Waals surface area contributed by atoms with Crippen LogP contribution in [0.2, 0.25) is 0 Å². The van der Waals surface area contributed by atoms with Gasteiger partial charge in [0.25, 0.3) is 0 Å². The molecular weight excluding hydrogens is 164 g/mol. The van der Waals surface area contributed by atoms with Gasteiger partial charge in [0, 0.05) is 0 Å². The Morgan fingerprint density at radius 2 is 1.08 bits per heavy atom. The van der Waals surface area contributed by atoms with E-state index in [1.165, 1.54) is 0 Å². The molecule has 5 heteroatoms. The molecule has 0 unspecified atom stereocenters. The number of hydrogen-bond donors (Lipinski definition) is 0. The molecule has 12 heavy (non-hydrogen) atoms. The van der Waals surface area contributed by atoms with E-state index < -0.39 is 17.7 Å². The van der Waals surface area contributed by atoms with E-state index >= 15 is 0 Å². The van der Waals surface area contributed by atoms with Crippen molar-refractivity contribution in [1.29, 1.82) is 0 Å². The predicted molar refractivity (Wildman–Crippen MR) is 33.3 cm³/mol. The number of rotatable bonds is 4. The molecule has 0 saturated carbocycles. The molecule has 0 aromatic carbocycles. The van der Waals surface area contributed by atoms with Crippen LogP contribution < -0.4 is 10.2 Å². The largest absolute Gasteiger partial charge is 0.545 e. The average Bonchev–Trinajstić information content (AvgIpc) is 1.96. The Kier molecular flexibility index (Phi) is 4.07. The molecule has 0 aliphatic heterocycles. The van der Waals surface area contributed by atoms with Crippen LogP contribution in [0.1, 0.15) is 0 Å². The van der Waals surface area contributed by atoms with Gasteiger partial charge in [-0.1, -0.05) is 0 Å². The quantitative estimate of drug-likeness (QED) is 0.421. The van der Waals surface area contributed by atoms with E-state index in [1.54, 1.807) is 0 Å². The molecule has 0 spiro atoms. The second-order valence-corrected chi connectivity index (χ2v) is 1.71. The fourth-order valence-electron chi connectivity index (χ4n) is 0.356. The number of carbonyl (C=O) groups excluding carboxylic acids is 3. The Morgan fingerprint density at radius 1 is 0.750 bits per heavy atom. The standard InChI is InChI=1S/C7H6O5/c8-5(1-3-6(9)10)2-4-7(11)12/h1-4H,(H,9,10)(H,11,12)/p-2/b3-1+,4-2+. The Labute approximate surface area is 67.6 Å². The minimum absolute atomic E-state index is 0.502. The maximum absolute atomic E-state index is 10.5. The fourth-order valence-corrected chi connectivity index (χ4v) is 0.356. The molecule has 0 atom stereocenters. The Bertz CT molecular complexity index is 235. The molecule has 5 nitrogen and oxygen atoms in total. The van der Waals surface area contributed by atoms with Crippen LogP contribution in [-0.2, 0) is 14.4 Å². The molecule has 0 amide bonds. The molecule has 0 radical (unpaired) electrons. The van der Waals surface area contributed by atoms with E-state index in [0.29, 0.717) is 24.3 Å². The van der Waals surface area contributed by atoms with Gasteiger partial charge in [-0.15, -0.1) is 0 Å². The molecule has 0 aliphatic rings. The number of ketones is 1. The van der Waals surface area contributed by atoms with Crippen LogP contribution >= 0.6 is 0 Å². The van der Waals surface area contributed by atoms with E-state index in [-0.39, 0.29) is 0 Å². The van der Waals surface area contributed by atoms with Crippen LogP contribution in [0.4, 0.5) is 0 Å². The van der Waals surface area contributed by atoms with Gasteiger partial charge in [0.05, 0.1) is 11.9 Å². The molecule has 0 aromatic rings. The van der Waals surface area contributed by atoms with Crippen molar-refractivity contribution >= 4 is 17.7 Å². The lowest BCUT2D eigenvalue weighted by atomic mass is 10.3. The number of hydrogen-bond acceptors (Lipinski definition) is 5. The topological polar surface area (TPSA) is 97.3 Å². The van der Waals surface area contributed by atoms with Gasteiger partial charge in [0.2, 0.25) is 0 Å². The lowest BCUT2D eigenvalue weighted by Crippen LogP contribution is -2.19. The highest BCUT2D eigenvalue weighted by atomic mass is 16.4. The van der Waals surface area contributed by atoms with Crippen molar-refractivity contribution in [3.63, 3.8) is 0 Å². The maximum Gasteiger partial charge on any atom is 0.178 e. The van der Waals surface area contributed by atoms with Gasteiger partial charge < -0.3 is 19.8 Å². The Morgan fingerprint density at radius 3 is 1.33 bits per heavy atom. The van der Waals surface area contributed by atoms with E-state index in [2.05, 4.69) is 0 Å². The molecule has 0 heterocycles. The van der Waals surface area contributed by atoms with Crippen molar-refractivity contribution in [2.45, 2.75) is 0 Å². The van der Waals surface area contributed by atoms with E-state index in [4.69, 9.17) is 0 Å². The van der Waals surface area contributed by atoms with Crippen molar-refractivity contribution in [2.75, 3.05) is 0 Å². The van der Waals surface area contributed by atoms with E-state index in [1.807, 2.05) is 0 Å². The van der Waals surface area contributed by atoms with E-state index in [0.717, 1.165) is 0 Å². The summed E-state index contributed by atoms with van der Waals surface area (Å²) in [6.07, 6.45) is 2.35. The highest BCUT2D eigenvalue weighted by Gasteiger charge is 1.86. The third kappa shape index (κ3) is 6.21. The van der Waals surface area contributed by atoms with Crippen molar-refractivity contribution in [3.8, 4) is 0 Å². The minimum Gasteiger partial charge on any atom is -0.545 e. The summed E-state index contributed by atoms with van der Waals surface area (Å²) in [4.78, 5) is 30.0. The van der Waals surface area contributed by atoms with Crippen LogP contribution in [0.25, 0.3) is 0 Å². The number of aliphatic carboxylic acids is 2. The van der Waals surface area contributed by atoms with Crippen LogP contribution in [0, 0.1) is 0 Å². The van der Waals surface area contributed by atoms with Crippen LogP contribution in [0.3, 0.4) is 0 Å². The lowest BCUT2D eigenvalue weighted by molar-refractivity contribution is -0.298. The Hall–Kier alpha value is -1.91. The second-order valence-electron chi connectivity index (χ2n) is 1.71. The van der Waals surface area contributed by atoms with Gasteiger partial charge in [-0.25, -0.2) is 0 Å². The zero-order chi connectivity index (χ0) is 9.56. The third-order valence-corrected chi connectivity index (χ3v) is 0.767. The zero-order valence-corrected chi connectivity index (χ0v) is 5.85. The summed E-state index contributed by atoms with van der Waals surface area (Å²) < 4.78 is 0. The molecule has 0 bridgehead atoms. The van der Waals surface area contributed by atoms with Gasteiger partial charge >= 0.3 is 0 Å². The minimum atomic E-state index is -1.52. The van der Waals surface area contributed by atoms with Crippen molar-refractivity contribution in [2.24, 2.45) is 0 Å². The molecule has 0 N–H and O–H groups in total. The van der Waals surface area contributed by atoms with Gasteiger partial charge in [0.1, 0.15) is 0 Å². The number of carboxylic acid groups (broad SMARTS) is 2. The summed E-state index contributed by atoms with van der Waals surface area (Å²) in [5.41, 5.74) is 0. The zero-order valence-electron chi connectivity index (χ0n) is 5.85. The first kappa shape index (κ1) is 10.1. The molecule has 0 rings (SSSR count). The van der Waals surface area contributed by atoms with Gasteiger partial charge in [-0.05, 0) is 24.3 Å². The lowest BCUT2D eigenvalue weighted by Gasteiger charge is -1.89. The summed E-state index contributed by atoms with van der Waals surface area (Å²) >= 11 is 0. The first-order chi connectivity index (χ1) is 5.52. The smallest absolute Gasteiger partial charge is 0.178 e. The summed E-state index contributed by atoms with van der Waals surface area (Å²) in [6.45, 7) is 0. The normalized spacial score (nSPS) is 10.7. The fraction of sp³-hybridized carbons (Fsp3) is 0. The van der Waals surface area contributed by atoms with Crippen molar-refractivity contribution < 1.29 is 24.6 Å². The van der Waals surface area contributed by atoms with Crippen LogP contribution in [0.15, 0.2) is 24.3 Å². The maximum atomic E-state index is 10.5. The molecule has 0 aliphatic carbocycles. The predicted octanol–water partition coefficient (Wildman–Crippen LogP) is -2.83. The van der Waals surface area contributed by atoms with Crippen molar-refractivity contribution in [3.05, 3.63) is 24.3 Å². The first-order valence-electron chi connectivity index (χ1n) is 2.84. The molecule has 64 valence electrons. The van der Waals surface area contributed by atoms with E-state index in [9.17, 15) is 24.6 Å². The van der Waals surface area contributed by atoms with Gasteiger partial charge in [0.15, 0.2) is 5.78 Å². The molecule has 0 aromatic heterocycles. The molecular formula is C7H4O5-2. The summed E-state index contributed by atoms with van der Waals surface area (Å²) in [5.74, 6) is -3.81. The SMILES string of the molecule is O=C([O-])/C=C/C(=O)/C=C/C(=O)[O-]. The first-order valence-corrected chi connectivity index (χ1v) is 2.84. The van der Waals surface area contributed by atoms with Crippen molar-refractivity contribution in [1.82, 2.24) is 0 Å². The summed E-state index contributed by atoms with van der Waals surface area (Å²) in [7, 11) is 0. The monoisotopic (exact) mass is 168 g/mol. The highest BCUT2D eigenvalue weighted by molar-refractivity contribution is 6.04. The molecule has 0 saturated heterocycles. The average molecular weight is 168 g/mol. The number of carboxylic acids is 2. The summed E-state index contributed by atoms with van der Waals surface area (Å²) in [6, 6.07) is 0. The Balaban J connectivity index is 4.07. The highest BCUT2D eigenvalue weighted by Crippen LogP contribution is 1.79. The summed E-state index contributed by atoms with van der Waals surface area (Å²) in [5, 5.41) is 19.5. The molecule has 0 fully saturated rings. The number of carbonyl (C=O) groups is 3. The van der Waals surface area contributed by atoms with Crippen LogP contribution in [-0.4, -0.2) is 17.7 Å². The number of allylic oxidation sites excluding steroid dienone is 2. The van der Waals surface area contributed by atoms with Gasteiger partial charge in [-0.3, -0.25) is 4.79 Å². The third-order valence-electron chi connectivity index (χ3n) is 0.767. The second kappa shape index (κ2) is 4.84.